The maximum Gasteiger partial charge on any atom is 0.494 e. The Morgan fingerprint density at radius 3 is 2.18 bits per heavy atom. The number of benzene rings is 1. The van der Waals surface area contributed by atoms with E-state index in [-0.39, 0.29) is 23.7 Å². The molecule has 1 fully saturated rings. The van der Waals surface area contributed by atoms with Gasteiger partial charge in [-0.25, -0.2) is 4.99 Å². The summed E-state index contributed by atoms with van der Waals surface area (Å²) in [6, 6.07) is 12.6. The van der Waals surface area contributed by atoms with E-state index in [1.165, 1.54) is 5.56 Å². The standard InChI is InChI=1S/C27H38BN3O3/c1-10-30-24(29-9)18-32-22-15-16-23(31-17-22)27(8,19(2)3)20-11-13-21(14-12-20)28-33-25(4,5)26(6,7)34-28/h10-17,19H,18H2,1-9H3. The van der Waals surface area contributed by atoms with Gasteiger partial charge in [-0.15, -0.1) is 0 Å². The van der Waals surface area contributed by atoms with Gasteiger partial charge in [-0.2, -0.15) is 0 Å². The quantitative estimate of drug-likeness (QED) is 0.335. The number of nitrogens with zero attached hydrogens (tertiary/aromatic N) is 3. The Hall–Kier alpha value is -2.51. The SMILES string of the molecule is CC=NC(COc1ccc(C(C)(c2ccc(B3OC(C)(C)C(C)(C)O3)cc2)C(C)C)nc1)=NC. The summed E-state index contributed by atoms with van der Waals surface area (Å²) >= 11 is 0. The Morgan fingerprint density at radius 1 is 1.09 bits per heavy atom. The smallest absolute Gasteiger partial charge is 0.484 e. The first kappa shape index (κ1) is 26.1. The molecule has 0 radical (unpaired) electrons. The summed E-state index contributed by atoms with van der Waals surface area (Å²) in [6.45, 7) is 17.1. The van der Waals surface area contributed by atoms with E-state index < -0.39 is 0 Å². The molecule has 3 rings (SSSR count). The molecule has 0 bridgehead atoms. The van der Waals surface area contributed by atoms with Crippen LogP contribution in [0.15, 0.2) is 52.6 Å². The Labute approximate surface area is 205 Å². The highest BCUT2D eigenvalue weighted by Crippen LogP contribution is 2.39. The number of hydrogen-bond acceptors (Lipinski definition) is 5. The minimum atomic E-state index is -0.368. The van der Waals surface area contributed by atoms with Gasteiger partial charge in [0.1, 0.15) is 12.4 Å². The van der Waals surface area contributed by atoms with E-state index in [0.717, 1.165) is 11.2 Å². The van der Waals surface area contributed by atoms with Gasteiger partial charge in [-0.1, -0.05) is 38.1 Å². The number of rotatable bonds is 7. The fraction of sp³-hybridized carbons (Fsp3) is 0.519. The molecule has 2 heterocycles. The summed E-state index contributed by atoms with van der Waals surface area (Å²) in [5.74, 6) is 1.66. The lowest BCUT2D eigenvalue weighted by Gasteiger charge is -2.34. The van der Waals surface area contributed by atoms with Crippen LogP contribution >= 0.6 is 0 Å². The van der Waals surface area contributed by atoms with E-state index >= 15 is 0 Å². The molecule has 1 saturated heterocycles. The summed E-state index contributed by atoms with van der Waals surface area (Å²) in [5.41, 5.74) is 2.23. The van der Waals surface area contributed by atoms with Crippen molar-refractivity contribution < 1.29 is 14.0 Å². The molecule has 6 nitrogen and oxygen atoms in total. The van der Waals surface area contributed by atoms with Crippen LogP contribution in [0.2, 0.25) is 0 Å². The van der Waals surface area contributed by atoms with Gasteiger partial charge in [-0.3, -0.25) is 9.98 Å². The van der Waals surface area contributed by atoms with Gasteiger partial charge < -0.3 is 14.0 Å². The Balaban J connectivity index is 1.81. The predicted molar refractivity (Wildman–Crippen MR) is 141 cm³/mol. The van der Waals surface area contributed by atoms with Crippen molar-refractivity contribution in [2.24, 2.45) is 15.9 Å². The van der Waals surface area contributed by atoms with Crippen molar-refractivity contribution >= 4 is 24.6 Å². The van der Waals surface area contributed by atoms with E-state index in [4.69, 9.17) is 19.0 Å². The van der Waals surface area contributed by atoms with Crippen LogP contribution in [0.3, 0.4) is 0 Å². The fourth-order valence-corrected chi connectivity index (χ4v) is 3.97. The zero-order chi connectivity index (χ0) is 25.1. The number of aliphatic imine (C=N–C) groups is 2. The molecule has 1 aliphatic rings. The highest BCUT2D eigenvalue weighted by Gasteiger charge is 2.51. The van der Waals surface area contributed by atoms with E-state index in [0.29, 0.717) is 24.1 Å². The minimum Gasteiger partial charge on any atom is -0.484 e. The average molecular weight is 463 g/mol. The first-order valence-corrected chi connectivity index (χ1v) is 11.9. The molecule has 0 saturated carbocycles. The molecule has 1 atom stereocenters. The second-order valence-corrected chi connectivity index (χ2v) is 10.3. The third kappa shape index (κ3) is 5.10. The van der Waals surface area contributed by atoms with Crippen molar-refractivity contribution in [1.82, 2.24) is 4.98 Å². The minimum absolute atomic E-state index is 0.268. The molecule has 0 aliphatic carbocycles. The summed E-state index contributed by atoms with van der Waals surface area (Å²) in [6.07, 6.45) is 3.48. The molecule has 2 aromatic rings. The summed E-state index contributed by atoms with van der Waals surface area (Å²) in [7, 11) is 1.34. The third-order valence-electron chi connectivity index (χ3n) is 7.36. The Morgan fingerprint density at radius 2 is 1.71 bits per heavy atom. The zero-order valence-electron chi connectivity index (χ0n) is 22.0. The van der Waals surface area contributed by atoms with Gasteiger partial charge in [0.15, 0.2) is 5.84 Å². The molecule has 0 amide bonds. The summed E-state index contributed by atoms with van der Waals surface area (Å²) < 4.78 is 18.3. The van der Waals surface area contributed by atoms with Gasteiger partial charge in [-0.05, 0) is 70.6 Å². The van der Waals surface area contributed by atoms with Gasteiger partial charge in [0.05, 0.1) is 23.1 Å². The molecule has 0 spiro atoms. The number of amidine groups is 1. The van der Waals surface area contributed by atoms with Crippen LogP contribution < -0.4 is 10.2 Å². The highest BCUT2D eigenvalue weighted by molar-refractivity contribution is 6.62. The zero-order valence-corrected chi connectivity index (χ0v) is 22.0. The topological polar surface area (TPSA) is 65.3 Å². The van der Waals surface area contributed by atoms with Crippen molar-refractivity contribution in [3.8, 4) is 5.75 Å². The molecule has 1 aromatic carbocycles. The molecule has 1 aromatic heterocycles. The van der Waals surface area contributed by atoms with Gasteiger partial charge >= 0.3 is 7.12 Å². The average Bonchev–Trinajstić information content (AvgIpc) is 3.03. The van der Waals surface area contributed by atoms with E-state index in [9.17, 15) is 0 Å². The van der Waals surface area contributed by atoms with Crippen molar-refractivity contribution in [3.05, 3.63) is 53.9 Å². The predicted octanol–water partition coefficient (Wildman–Crippen LogP) is 4.84. The second kappa shape index (κ2) is 10.0. The first-order chi connectivity index (χ1) is 15.9. The molecular weight excluding hydrogens is 425 g/mol. The maximum absolute atomic E-state index is 6.22. The van der Waals surface area contributed by atoms with Crippen LogP contribution in [-0.4, -0.2) is 49.0 Å². The molecule has 7 heteroatoms. The van der Waals surface area contributed by atoms with E-state index in [2.05, 4.69) is 82.7 Å². The largest absolute Gasteiger partial charge is 0.494 e. The molecule has 1 aliphatic heterocycles. The van der Waals surface area contributed by atoms with E-state index in [1.54, 1.807) is 19.5 Å². The van der Waals surface area contributed by atoms with Crippen LogP contribution in [0.5, 0.6) is 5.75 Å². The number of pyridine rings is 1. The van der Waals surface area contributed by atoms with Crippen molar-refractivity contribution in [2.45, 2.75) is 72.0 Å². The maximum atomic E-state index is 6.22. The van der Waals surface area contributed by atoms with Crippen LogP contribution in [0, 0.1) is 5.92 Å². The summed E-state index contributed by atoms with van der Waals surface area (Å²) in [4.78, 5) is 13.1. The van der Waals surface area contributed by atoms with Gasteiger partial charge in [0.2, 0.25) is 0 Å². The Bertz CT molecular complexity index is 1010. The monoisotopic (exact) mass is 463 g/mol. The lowest BCUT2D eigenvalue weighted by Crippen LogP contribution is -2.41. The van der Waals surface area contributed by atoms with Gasteiger partial charge in [0, 0.05) is 18.7 Å². The van der Waals surface area contributed by atoms with Crippen molar-refractivity contribution in [3.63, 3.8) is 0 Å². The molecule has 0 N–H and O–H groups in total. The summed E-state index contributed by atoms with van der Waals surface area (Å²) in [5, 5.41) is 0. The van der Waals surface area contributed by atoms with E-state index in [1.807, 2.05) is 19.1 Å². The van der Waals surface area contributed by atoms with Crippen LogP contribution in [-0.2, 0) is 14.7 Å². The first-order valence-electron chi connectivity index (χ1n) is 11.9. The van der Waals surface area contributed by atoms with Crippen LogP contribution in [0.25, 0.3) is 0 Å². The van der Waals surface area contributed by atoms with Crippen molar-refractivity contribution in [1.29, 1.82) is 0 Å². The van der Waals surface area contributed by atoms with Gasteiger partial charge in [0.25, 0.3) is 0 Å². The van der Waals surface area contributed by atoms with Crippen LogP contribution in [0.4, 0.5) is 0 Å². The highest BCUT2D eigenvalue weighted by atomic mass is 16.7. The second-order valence-electron chi connectivity index (χ2n) is 10.3. The lowest BCUT2D eigenvalue weighted by molar-refractivity contribution is 0.00578. The number of hydrogen-bond donors (Lipinski definition) is 0. The number of ether oxygens (including phenoxy) is 1. The molecule has 182 valence electrons. The molecule has 34 heavy (non-hydrogen) atoms. The third-order valence-corrected chi connectivity index (χ3v) is 7.36. The van der Waals surface area contributed by atoms with Crippen LogP contribution in [0.1, 0.15) is 66.6 Å². The lowest BCUT2D eigenvalue weighted by atomic mass is 9.69. The molecule has 1 unspecified atom stereocenters. The van der Waals surface area contributed by atoms with Crippen molar-refractivity contribution in [2.75, 3.05) is 13.7 Å². The fourth-order valence-electron chi connectivity index (χ4n) is 3.97. The molecular formula is C27H38BN3O3. The number of aromatic nitrogens is 1. The Kier molecular flexibility index (Phi) is 7.68. The normalized spacial score (nSPS) is 19.6.